The lowest BCUT2D eigenvalue weighted by molar-refractivity contribution is 0.541. The molecule has 0 saturated heterocycles. The molecule has 0 spiro atoms. The Morgan fingerprint density at radius 2 is 1.74 bits per heavy atom. The normalized spacial score (nSPS) is 11.2. The smallest absolute Gasteiger partial charge is 0.0184 e. The van der Waals surface area contributed by atoms with Gasteiger partial charge in [-0.25, -0.2) is 0 Å². The summed E-state index contributed by atoms with van der Waals surface area (Å²) in [6.07, 6.45) is 2.62. The Morgan fingerprint density at radius 1 is 1.05 bits per heavy atom. The largest absolute Gasteiger partial charge is 0.316 e. The lowest BCUT2D eigenvalue weighted by Gasteiger charge is -2.07. The van der Waals surface area contributed by atoms with Gasteiger partial charge in [0.05, 0.1) is 0 Å². The van der Waals surface area contributed by atoms with Crippen molar-refractivity contribution in [2.45, 2.75) is 46.3 Å². The van der Waals surface area contributed by atoms with Crippen molar-refractivity contribution in [2.24, 2.45) is 5.92 Å². The van der Waals surface area contributed by atoms with Gasteiger partial charge in [-0.05, 0) is 57.0 Å². The van der Waals surface area contributed by atoms with E-state index in [0.29, 0.717) is 0 Å². The van der Waals surface area contributed by atoms with Gasteiger partial charge in [0.1, 0.15) is 0 Å². The second-order valence-corrected chi connectivity index (χ2v) is 6.96. The fourth-order valence-corrected chi connectivity index (χ4v) is 3.14. The third-order valence-electron chi connectivity index (χ3n) is 3.00. The minimum absolute atomic E-state index is 0.763. The van der Waals surface area contributed by atoms with Crippen molar-refractivity contribution >= 4 is 11.8 Å². The lowest BCUT2D eigenvalue weighted by atomic mass is 10.1. The van der Waals surface area contributed by atoms with Gasteiger partial charge >= 0.3 is 0 Å². The maximum absolute atomic E-state index is 3.50. The van der Waals surface area contributed by atoms with Gasteiger partial charge < -0.3 is 5.32 Å². The number of rotatable bonds is 9. The molecule has 1 N–H and O–H groups in total. The van der Waals surface area contributed by atoms with Crippen molar-refractivity contribution in [3.8, 4) is 0 Å². The zero-order valence-electron chi connectivity index (χ0n) is 13.0. The van der Waals surface area contributed by atoms with Crippen molar-refractivity contribution in [3.63, 3.8) is 0 Å². The minimum Gasteiger partial charge on any atom is -0.316 e. The average molecular weight is 279 g/mol. The first-order valence-electron chi connectivity index (χ1n) is 7.43. The Hall–Kier alpha value is -0.470. The van der Waals surface area contributed by atoms with Crippen molar-refractivity contribution < 1.29 is 0 Å². The maximum atomic E-state index is 3.50. The number of hydrogen-bond acceptors (Lipinski definition) is 2. The van der Waals surface area contributed by atoms with Crippen LogP contribution in [0.15, 0.2) is 18.2 Å². The van der Waals surface area contributed by atoms with Crippen LogP contribution in [-0.4, -0.2) is 18.8 Å². The number of thioether (sulfide) groups is 1. The van der Waals surface area contributed by atoms with Gasteiger partial charge in [0, 0.05) is 5.75 Å². The molecule has 0 atom stereocenters. The number of benzene rings is 1. The molecule has 0 bridgehead atoms. The fraction of sp³-hybridized carbons (Fsp3) is 0.647. The summed E-state index contributed by atoms with van der Waals surface area (Å²) in [5, 5.41) is 3.50. The van der Waals surface area contributed by atoms with Crippen LogP contribution < -0.4 is 5.32 Å². The molecule has 0 aliphatic heterocycles. The molecule has 0 radical (unpaired) electrons. The second-order valence-electron chi connectivity index (χ2n) is 5.85. The first-order valence-corrected chi connectivity index (χ1v) is 8.59. The molecule has 19 heavy (non-hydrogen) atoms. The van der Waals surface area contributed by atoms with Gasteiger partial charge in [0.2, 0.25) is 0 Å². The van der Waals surface area contributed by atoms with Crippen molar-refractivity contribution in [3.05, 3.63) is 34.9 Å². The predicted octanol–water partition coefficient (Wildman–Crippen LogP) is 4.56. The monoisotopic (exact) mass is 279 g/mol. The molecule has 0 saturated carbocycles. The highest BCUT2D eigenvalue weighted by atomic mass is 32.2. The summed E-state index contributed by atoms with van der Waals surface area (Å²) in [6, 6.07) is 6.86. The van der Waals surface area contributed by atoms with Crippen LogP contribution in [0.25, 0.3) is 0 Å². The number of nitrogens with one attached hydrogen (secondary N) is 1. The molecule has 0 amide bonds. The molecule has 1 rings (SSSR count). The van der Waals surface area contributed by atoms with Crippen molar-refractivity contribution in [1.29, 1.82) is 0 Å². The van der Waals surface area contributed by atoms with E-state index in [-0.39, 0.29) is 0 Å². The topological polar surface area (TPSA) is 12.0 Å². The van der Waals surface area contributed by atoms with E-state index in [0.717, 1.165) is 18.2 Å². The molecular formula is C17H29NS. The molecule has 1 nitrogen and oxygen atoms in total. The van der Waals surface area contributed by atoms with Crippen LogP contribution in [0, 0.1) is 19.8 Å². The molecule has 0 fully saturated rings. The standard InChI is InChI=1S/C17H29NS/c1-14(2)12-18-7-5-6-8-19-13-17-10-15(3)9-16(4)11-17/h9-11,14,18H,5-8,12-13H2,1-4H3. The molecule has 108 valence electrons. The molecule has 1 aromatic carbocycles. The molecule has 1 aromatic rings. The Labute approximate surface area is 123 Å². The summed E-state index contributed by atoms with van der Waals surface area (Å²) in [5.74, 6) is 3.19. The second kappa shape index (κ2) is 9.44. The van der Waals surface area contributed by atoms with Crippen LogP contribution in [0.2, 0.25) is 0 Å². The maximum Gasteiger partial charge on any atom is 0.0184 e. The lowest BCUT2D eigenvalue weighted by Crippen LogP contribution is -2.20. The predicted molar refractivity (Wildman–Crippen MR) is 89.0 cm³/mol. The van der Waals surface area contributed by atoms with Crippen LogP contribution in [-0.2, 0) is 5.75 Å². The fourth-order valence-electron chi connectivity index (χ4n) is 2.19. The van der Waals surface area contributed by atoms with Gasteiger partial charge in [0.25, 0.3) is 0 Å². The van der Waals surface area contributed by atoms with Gasteiger partial charge in [-0.1, -0.05) is 43.2 Å². The third-order valence-corrected chi connectivity index (χ3v) is 4.11. The van der Waals surface area contributed by atoms with Crippen molar-refractivity contribution in [1.82, 2.24) is 5.32 Å². The van der Waals surface area contributed by atoms with E-state index in [1.165, 1.54) is 41.8 Å². The van der Waals surface area contributed by atoms with Crippen LogP contribution in [0.5, 0.6) is 0 Å². The molecule has 2 heteroatoms. The minimum atomic E-state index is 0.763. The van der Waals surface area contributed by atoms with Crippen LogP contribution in [0.3, 0.4) is 0 Å². The zero-order chi connectivity index (χ0) is 14.1. The summed E-state index contributed by atoms with van der Waals surface area (Å²) >= 11 is 2.06. The summed E-state index contributed by atoms with van der Waals surface area (Å²) in [5.41, 5.74) is 4.24. The van der Waals surface area contributed by atoms with Gasteiger partial charge in [-0.15, -0.1) is 0 Å². The molecular weight excluding hydrogens is 250 g/mol. The van der Waals surface area contributed by atoms with E-state index in [1.54, 1.807) is 0 Å². The highest BCUT2D eigenvalue weighted by Gasteiger charge is 1.97. The molecule has 0 aliphatic rings. The Kier molecular flexibility index (Phi) is 8.24. The summed E-state index contributed by atoms with van der Waals surface area (Å²) in [6.45, 7) is 11.2. The van der Waals surface area contributed by atoms with Gasteiger partial charge in [-0.3, -0.25) is 0 Å². The molecule has 0 unspecified atom stereocenters. The number of hydrogen-bond donors (Lipinski definition) is 1. The molecule has 0 aromatic heterocycles. The SMILES string of the molecule is Cc1cc(C)cc(CSCCCCNCC(C)C)c1. The summed E-state index contributed by atoms with van der Waals surface area (Å²) < 4.78 is 0. The van der Waals surface area contributed by atoms with E-state index in [4.69, 9.17) is 0 Å². The third kappa shape index (κ3) is 8.33. The quantitative estimate of drug-likeness (QED) is 0.665. The Morgan fingerprint density at radius 3 is 2.37 bits per heavy atom. The summed E-state index contributed by atoms with van der Waals surface area (Å²) in [4.78, 5) is 0. The molecule has 0 heterocycles. The van der Waals surface area contributed by atoms with E-state index in [1.807, 2.05) is 0 Å². The number of unbranched alkanes of at least 4 members (excludes halogenated alkanes) is 1. The first kappa shape index (κ1) is 16.6. The number of aryl methyl sites for hydroxylation is 2. The van der Waals surface area contributed by atoms with E-state index in [9.17, 15) is 0 Å². The van der Waals surface area contributed by atoms with E-state index in [2.05, 4.69) is 63.0 Å². The Bertz CT molecular complexity index is 340. The van der Waals surface area contributed by atoms with Crippen molar-refractivity contribution in [2.75, 3.05) is 18.8 Å². The van der Waals surface area contributed by atoms with Crippen LogP contribution in [0.4, 0.5) is 0 Å². The van der Waals surface area contributed by atoms with E-state index < -0.39 is 0 Å². The highest BCUT2D eigenvalue weighted by molar-refractivity contribution is 7.98. The van der Waals surface area contributed by atoms with E-state index >= 15 is 0 Å². The average Bonchev–Trinajstić information content (AvgIpc) is 2.31. The highest BCUT2D eigenvalue weighted by Crippen LogP contribution is 2.16. The zero-order valence-corrected chi connectivity index (χ0v) is 13.8. The molecule has 0 aliphatic carbocycles. The Balaban J connectivity index is 2.04. The summed E-state index contributed by atoms with van der Waals surface area (Å²) in [7, 11) is 0. The van der Waals surface area contributed by atoms with Gasteiger partial charge in [0.15, 0.2) is 0 Å². The van der Waals surface area contributed by atoms with Crippen LogP contribution >= 0.6 is 11.8 Å². The first-order chi connectivity index (χ1) is 9.08. The van der Waals surface area contributed by atoms with Crippen LogP contribution in [0.1, 0.15) is 43.4 Å². The van der Waals surface area contributed by atoms with Gasteiger partial charge in [-0.2, -0.15) is 11.8 Å².